The van der Waals surface area contributed by atoms with Gasteiger partial charge in [0.05, 0.1) is 14.2 Å². The summed E-state index contributed by atoms with van der Waals surface area (Å²) in [4.78, 5) is 0. The molecule has 3 nitrogen and oxygen atoms in total. The minimum Gasteiger partial charge on any atom is -0.493 e. The van der Waals surface area contributed by atoms with Crippen LogP contribution >= 0.6 is 0 Å². The molecule has 1 aromatic carbocycles. The Morgan fingerprint density at radius 3 is 2.41 bits per heavy atom. The molecule has 0 amide bonds. The highest BCUT2D eigenvalue weighted by Gasteiger charge is 2.32. The maximum absolute atomic E-state index is 5.54. The number of hydrogen-bond acceptors (Lipinski definition) is 3. The number of hydrogen-bond donors (Lipinski definition) is 1. The SMILES string of the molecule is COc1cccc(C2(C)CCNCC2)c1OC. The summed E-state index contributed by atoms with van der Waals surface area (Å²) in [6, 6.07) is 6.16. The Labute approximate surface area is 103 Å². The lowest BCUT2D eigenvalue weighted by Gasteiger charge is -2.35. The Hall–Kier alpha value is -1.22. The largest absolute Gasteiger partial charge is 0.493 e. The van der Waals surface area contributed by atoms with Crippen LogP contribution in [0.1, 0.15) is 25.3 Å². The van der Waals surface area contributed by atoms with Crippen molar-refractivity contribution >= 4 is 0 Å². The summed E-state index contributed by atoms with van der Waals surface area (Å²) < 4.78 is 10.9. The molecule has 1 aromatic rings. The molecule has 1 heterocycles. The van der Waals surface area contributed by atoms with Crippen LogP contribution in [0.5, 0.6) is 11.5 Å². The van der Waals surface area contributed by atoms with Gasteiger partial charge in [0.2, 0.25) is 0 Å². The van der Waals surface area contributed by atoms with Gasteiger partial charge >= 0.3 is 0 Å². The van der Waals surface area contributed by atoms with E-state index in [9.17, 15) is 0 Å². The van der Waals surface area contributed by atoms with Gasteiger partial charge in [0, 0.05) is 5.56 Å². The molecule has 1 aliphatic rings. The fourth-order valence-corrected chi connectivity index (χ4v) is 2.61. The maximum Gasteiger partial charge on any atom is 0.164 e. The third-order valence-corrected chi connectivity index (χ3v) is 3.76. The van der Waals surface area contributed by atoms with Gasteiger partial charge in [0.1, 0.15) is 0 Å². The minimum absolute atomic E-state index is 0.186. The lowest BCUT2D eigenvalue weighted by atomic mass is 9.74. The van der Waals surface area contributed by atoms with Crippen LogP contribution in [-0.2, 0) is 5.41 Å². The first-order valence-corrected chi connectivity index (χ1v) is 6.13. The zero-order valence-corrected chi connectivity index (χ0v) is 10.9. The first kappa shape index (κ1) is 12.2. The Morgan fingerprint density at radius 2 is 1.82 bits per heavy atom. The van der Waals surface area contributed by atoms with E-state index in [1.54, 1.807) is 14.2 Å². The molecule has 0 spiro atoms. The minimum atomic E-state index is 0.186. The third-order valence-electron chi connectivity index (χ3n) is 3.76. The summed E-state index contributed by atoms with van der Waals surface area (Å²) in [5.74, 6) is 1.71. The maximum atomic E-state index is 5.54. The molecular weight excluding hydrogens is 214 g/mol. The summed E-state index contributed by atoms with van der Waals surface area (Å²) in [6.45, 7) is 4.44. The molecule has 0 atom stereocenters. The normalized spacial score (nSPS) is 18.8. The first-order chi connectivity index (χ1) is 8.21. The van der Waals surface area contributed by atoms with Crippen molar-refractivity contribution in [1.29, 1.82) is 0 Å². The number of nitrogens with one attached hydrogen (secondary N) is 1. The average Bonchev–Trinajstić information content (AvgIpc) is 2.38. The third kappa shape index (κ3) is 2.25. The van der Waals surface area contributed by atoms with Crippen LogP contribution in [0.2, 0.25) is 0 Å². The number of piperidine rings is 1. The molecule has 0 radical (unpaired) electrons. The zero-order chi connectivity index (χ0) is 12.3. The summed E-state index contributed by atoms with van der Waals surface area (Å²) in [5.41, 5.74) is 1.45. The second kappa shape index (κ2) is 4.96. The molecule has 0 aliphatic carbocycles. The number of ether oxygens (including phenoxy) is 2. The van der Waals surface area contributed by atoms with E-state index in [4.69, 9.17) is 9.47 Å². The van der Waals surface area contributed by atoms with Crippen LogP contribution in [0.15, 0.2) is 18.2 Å². The lowest BCUT2D eigenvalue weighted by Crippen LogP contribution is -2.37. The van der Waals surface area contributed by atoms with Crippen molar-refractivity contribution in [1.82, 2.24) is 5.32 Å². The summed E-state index contributed by atoms with van der Waals surface area (Å²) in [6.07, 6.45) is 2.27. The molecule has 0 bridgehead atoms. The summed E-state index contributed by atoms with van der Waals surface area (Å²) in [7, 11) is 3.40. The first-order valence-electron chi connectivity index (χ1n) is 6.13. The molecule has 0 aromatic heterocycles. The highest BCUT2D eigenvalue weighted by Crippen LogP contribution is 2.42. The molecule has 94 valence electrons. The average molecular weight is 235 g/mol. The Morgan fingerprint density at radius 1 is 1.12 bits per heavy atom. The van der Waals surface area contributed by atoms with Crippen molar-refractivity contribution < 1.29 is 9.47 Å². The lowest BCUT2D eigenvalue weighted by molar-refractivity contribution is 0.305. The standard InChI is InChI=1S/C14H21NO2/c1-14(7-9-15-10-8-14)11-5-4-6-12(16-2)13(11)17-3/h4-6,15H,7-10H2,1-3H3. The molecular formula is C14H21NO2. The highest BCUT2D eigenvalue weighted by atomic mass is 16.5. The van der Waals surface area contributed by atoms with Gasteiger partial charge in [-0.1, -0.05) is 19.1 Å². The number of methoxy groups -OCH3 is 2. The molecule has 2 rings (SSSR count). The van der Waals surface area contributed by atoms with E-state index < -0.39 is 0 Å². The van der Waals surface area contributed by atoms with Crippen LogP contribution < -0.4 is 14.8 Å². The molecule has 1 N–H and O–H groups in total. The van der Waals surface area contributed by atoms with Crippen molar-refractivity contribution in [3.63, 3.8) is 0 Å². The van der Waals surface area contributed by atoms with Crippen LogP contribution in [0.3, 0.4) is 0 Å². The number of rotatable bonds is 3. The second-order valence-corrected chi connectivity index (χ2v) is 4.85. The summed E-state index contributed by atoms with van der Waals surface area (Å²) in [5, 5.41) is 3.40. The van der Waals surface area contributed by atoms with Crippen molar-refractivity contribution in [2.24, 2.45) is 0 Å². The second-order valence-electron chi connectivity index (χ2n) is 4.85. The van der Waals surface area contributed by atoms with E-state index in [1.807, 2.05) is 12.1 Å². The van der Waals surface area contributed by atoms with Crippen molar-refractivity contribution in [3.8, 4) is 11.5 Å². The molecule has 1 aliphatic heterocycles. The van der Waals surface area contributed by atoms with E-state index >= 15 is 0 Å². The van der Waals surface area contributed by atoms with Gasteiger partial charge in [-0.25, -0.2) is 0 Å². The van der Waals surface area contributed by atoms with Crippen LogP contribution in [-0.4, -0.2) is 27.3 Å². The van der Waals surface area contributed by atoms with Gasteiger partial charge in [-0.15, -0.1) is 0 Å². The molecule has 0 unspecified atom stereocenters. The van der Waals surface area contributed by atoms with Gasteiger partial charge in [0.15, 0.2) is 11.5 Å². The van der Waals surface area contributed by atoms with Gasteiger partial charge in [0.25, 0.3) is 0 Å². The molecule has 0 saturated carbocycles. The molecule has 1 fully saturated rings. The Balaban J connectivity index is 2.42. The van der Waals surface area contributed by atoms with E-state index in [2.05, 4.69) is 18.3 Å². The van der Waals surface area contributed by atoms with E-state index in [0.29, 0.717) is 0 Å². The predicted molar refractivity (Wildman–Crippen MR) is 69.0 cm³/mol. The number of benzene rings is 1. The molecule has 17 heavy (non-hydrogen) atoms. The fourth-order valence-electron chi connectivity index (χ4n) is 2.61. The van der Waals surface area contributed by atoms with Crippen LogP contribution in [0.25, 0.3) is 0 Å². The predicted octanol–water partition coefficient (Wildman–Crippen LogP) is 2.34. The van der Waals surface area contributed by atoms with Gasteiger partial charge in [-0.05, 0) is 37.4 Å². The smallest absolute Gasteiger partial charge is 0.164 e. The zero-order valence-electron chi connectivity index (χ0n) is 10.9. The van der Waals surface area contributed by atoms with Crippen molar-refractivity contribution in [3.05, 3.63) is 23.8 Å². The summed E-state index contributed by atoms with van der Waals surface area (Å²) >= 11 is 0. The quantitative estimate of drug-likeness (QED) is 0.872. The Kier molecular flexibility index (Phi) is 3.57. The van der Waals surface area contributed by atoms with Gasteiger partial charge in [-0.2, -0.15) is 0 Å². The van der Waals surface area contributed by atoms with E-state index in [1.165, 1.54) is 5.56 Å². The van der Waals surface area contributed by atoms with Gasteiger partial charge in [-0.3, -0.25) is 0 Å². The monoisotopic (exact) mass is 235 g/mol. The Bertz CT molecular complexity index is 384. The van der Waals surface area contributed by atoms with Crippen molar-refractivity contribution in [2.45, 2.75) is 25.2 Å². The highest BCUT2D eigenvalue weighted by molar-refractivity contribution is 5.50. The topological polar surface area (TPSA) is 30.5 Å². The number of para-hydroxylation sites is 1. The van der Waals surface area contributed by atoms with Crippen LogP contribution in [0, 0.1) is 0 Å². The fraction of sp³-hybridized carbons (Fsp3) is 0.571. The van der Waals surface area contributed by atoms with E-state index in [-0.39, 0.29) is 5.41 Å². The van der Waals surface area contributed by atoms with Crippen LogP contribution in [0.4, 0.5) is 0 Å². The van der Waals surface area contributed by atoms with Gasteiger partial charge < -0.3 is 14.8 Å². The van der Waals surface area contributed by atoms with Crippen molar-refractivity contribution in [2.75, 3.05) is 27.3 Å². The van der Waals surface area contributed by atoms with E-state index in [0.717, 1.165) is 37.4 Å². The molecule has 1 saturated heterocycles. The molecule has 3 heteroatoms.